The highest BCUT2D eigenvalue weighted by Gasteiger charge is 2.57. The number of aliphatic carboxylic acids is 1. The Hall–Kier alpha value is -2.69. The molecule has 1 aliphatic rings. The molecule has 3 aromatic carbocycles. The summed E-state index contributed by atoms with van der Waals surface area (Å²) in [7, 11) is -2.60. The van der Waals surface area contributed by atoms with Crippen molar-refractivity contribution in [3.63, 3.8) is 0 Å². The Bertz CT molecular complexity index is 1020. The molecule has 0 amide bonds. The monoisotopic (exact) mass is 458 g/mol. The van der Waals surface area contributed by atoms with Crippen molar-refractivity contribution in [3.8, 4) is 0 Å². The van der Waals surface area contributed by atoms with E-state index in [1.54, 1.807) is 0 Å². The van der Waals surface area contributed by atoms with Crippen molar-refractivity contribution in [2.24, 2.45) is 5.92 Å². The summed E-state index contributed by atoms with van der Waals surface area (Å²) in [6.45, 7) is 7.52. The average Bonchev–Trinajstić information content (AvgIpc) is 3.54. The highest BCUT2D eigenvalue weighted by molar-refractivity contribution is 6.99. The second kappa shape index (κ2) is 9.28. The fourth-order valence-corrected chi connectivity index (χ4v) is 10.1. The molecule has 1 fully saturated rings. The number of rotatable bonds is 9. The minimum Gasteiger partial charge on any atom is -0.481 e. The summed E-state index contributed by atoms with van der Waals surface area (Å²) in [5, 5.41) is 11.9. The summed E-state index contributed by atoms with van der Waals surface area (Å²) in [6, 6.07) is 31.8. The quantitative estimate of drug-likeness (QED) is 0.438. The van der Waals surface area contributed by atoms with Crippen molar-refractivity contribution in [3.05, 3.63) is 96.6 Å². The van der Waals surface area contributed by atoms with Crippen molar-refractivity contribution in [2.75, 3.05) is 6.61 Å². The van der Waals surface area contributed by atoms with Gasteiger partial charge in [0.05, 0.1) is 0 Å². The van der Waals surface area contributed by atoms with Gasteiger partial charge in [0.25, 0.3) is 8.32 Å². The van der Waals surface area contributed by atoms with Crippen molar-refractivity contribution < 1.29 is 14.3 Å². The Morgan fingerprint density at radius 1 is 0.909 bits per heavy atom. The topological polar surface area (TPSA) is 46.5 Å². The molecule has 3 nitrogen and oxygen atoms in total. The number of carboxylic acid groups (broad SMARTS) is 1. The Morgan fingerprint density at radius 3 is 1.85 bits per heavy atom. The molecule has 1 saturated carbocycles. The summed E-state index contributed by atoms with van der Waals surface area (Å²) in [5.74, 6) is -0.412. The first kappa shape index (κ1) is 23.5. The van der Waals surface area contributed by atoms with E-state index in [0.717, 1.165) is 6.42 Å². The molecule has 2 atom stereocenters. The first-order valence-corrected chi connectivity index (χ1v) is 13.7. The van der Waals surface area contributed by atoms with E-state index in [1.165, 1.54) is 15.9 Å². The van der Waals surface area contributed by atoms with Gasteiger partial charge in [-0.1, -0.05) is 112 Å². The van der Waals surface area contributed by atoms with Crippen LogP contribution in [0.25, 0.3) is 0 Å². The van der Waals surface area contributed by atoms with Gasteiger partial charge in [-0.15, -0.1) is 0 Å². The minimum atomic E-state index is -2.60. The van der Waals surface area contributed by atoms with E-state index in [0.29, 0.717) is 18.9 Å². The molecule has 1 aliphatic carbocycles. The van der Waals surface area contributed by atoms with Gasteiger partial charge in [0, 0.05) is 18.4 Å². The molecule has 0 bridgehead atoms. The zero-order valence-corrected chi connectivity index (χ0v) is 20.8. The number of benzene rings is 3. The Kier molecular flexibility index (Phi) is 6.60. The van der Waals surface area contributed by atoms with Crippen LogP contribution in [-0.2, 0) is 14.6 Å². The number of hydrogen-bond donors (Lipinski definition) is 1. The van der Waals surface area contributed by atoms with Gasteiger partial charge < -0.3 is 9.53 Å². The smallest absolute Gasteiger partial charge is 0.303 e. The van der Waals surface area contributed by atoms with Crippen LogP contribution in [0.3, 0.4) is 0 Å². The van der Waals surface area contributed by atoms with Gasteiger partial charge in [0.2, 0.25) is 0 Å². The van der Waals surface area contributed by atoms with Gasteiger partial charge in [-0.2, -0.15) is 0 Å². The van der Waals surface area contributed by atoms with Crippen LogP contribution >= 0.6 is 0 Å². The van der Waals surface area contributed by atoms with Crippen LogP contribution in [0, 0.1) is 5.92 Å². The lowest BCUT2D eigenvalue weighted by atomic mass is 9.88. The Morgan fingerprint density at radius 2 is 1.39 bits per heavy atom. The van der Waals surface area contributed by atoms with Crippen molar-refractivity contribution >= 4 is 24.7 Å². The van der Waals surface area contributed by atoms with E-state index in [9.17, 15) is 9.90 Å². The predicted molar refractivity (Wildman–Crippen MR) is 137 cm³/mol. The third-order valence-electron chi connectivity index (χ3n) is 7.28. The molecule has 4 heteroatoms. The summed E-state index contributed by atoms with van der Waals surface area (Å²) in [4.78, 5) is 11.4. The second-order valence-corrected chi connectivity index (χ2v) is 14.6. The van der Waals surface area contributed by atoms with E-state index >= 15 is 0 Å². The summed E-state index contributed by atoms with van der Waals surface area (Å²) in [6.07, 6.45) is 1.81. The van der Waals surface area contributed by atoms with Crippen molar-refractivity contribution in [1.29, 1.82) is 0 Å². The summed E-state index contributed by atoms with van der Waals surface area (Å²) < 4.78 is 7.17. The molecular weight excluding hydrogens is 424 g/mol. The fourth-order valence-electron chi connectivity index (χ4n) is 5.49. The molecule has 172 valence electrons. The molecular formula is C29H34O3Si. The van der Waals surface area contributed by atoms with E-state index in [1.807, 2.05) is 6.07 Å². The predicted octanol–water partition coefficient (Wildman–Crippen LogP) is 5.39. The third-order valence-corrected chi connectivity index (χ3v) is 12.3. The highest BCUT2D eigenvalue weighted by atomic mass is 28.4. The molecule has 4 rings (SSSR count). The fraction of sp³-hybridized carbons (Fsp3) is 0.345. The SMILES string of the molecule is CC(C)(C)[Si](OCC1CC1(CCC(=O)O)c1ccccc1)(c1ccccc1)c1ccccc1. The second-order valence-electron chi connectivity index (χ2n) is 10.3. The van der Waals surface area contributed by atoms with Crippen LogP contribution in [0.4, 0.5) is 0 Å². The highest BCUT2D eigenvalue weighted by Crippen LogP contribution is 2.58. The van der Waals surface area contributed by atoms with Crippen LogP contribution in [0.1, 0.15) is 45.6 Å². The lowest BCUT2D eigenvalue weighted by Gasteiger charge is -2.43. The Balaban J connectivity index is 1.69. The van der Waals surface area contributed by atoms with Crippen LogP contribution < -0.4 is 10.4 Å². The molecule has 0 spiro atoms. The van der Waals surface area contributed by atoms with E-state index in [4.69, 9.17) is 4.43 Å². The molecule has 33 heavy (non-hydrogen) atoms. The van der Waals surface area contributed by atoms with Crippen LogP contribution in [0.15, 0.2) is 91.0 Å². The maximum atomic E-state index is 11.4. The molecule has 3 aromatic rings. The molecule has 0 heterocycles. The third kappa shape index (κ3) is 4.55. The largest absolute Gasteiger partial charge is 0.481 e. The molecule has 0 radical (unpaired) electrons. The minimum absolute atomic E-state index is 0.0684. The van der Waals surface area contributed by atoms with Crippen molar-refractivity contribution in [1.82, 2.24) is 0 Å². The number of carbonyl (C=O) groups is 1. The van der Waals surface area contributed by atoms with Gasteiger partial charge in [-0.25, -0.2) is 0 Å². The van der Waals surface area contributed by atoms with E-state index in [-0.39, 0.29) is 16.9 Å². The van der Waals surface area contributed by atoms with Crippen LogP contribution in [0.5, 0.6) is 0 Å². The van der Waals surface area contributed by atoms with Crippen LogP contribution in [-0.4, -0.2) is 26.0 Å². The van der Waals surface area contributed by atoms with E-state index in [2.05, 4.69) is 106 Å². The van der Waals surface area contributed by atoms with Gasteiger partial charge in [0.1, 0.15) is 0 Å². The van der Waals surface area contributed by atoms with Gasteiger partial charge >= 0.3 is 5.97 Å². The first-order valence-electron chi connectivity index (χ1n) is 11.8. The number of hydrogen-bond acceptors (Lipinski definition) is 2. The normalized spacial score (nSPS) is 20.4. The zero-order valence-electron chi connectivity index (χ0n) is 19.8. The number of carboxylic acids is 1. The molecule has 0 aromatic heterocycles. The van der Waals surface area contributed by atoms with Gasteiger partial charge in [-0.3, -0.25) is 4.79 Å². The zero-order chi connectivity index (χ0) is 23.5. The maximum Gasteiger partial charge on any atom is 0.303 e. The van der Waals surface area contributed by atoms with Crippen molar-refractivity contribution in [2.45, 2.75) is 50.5 Å². The lowest BCUT2D eigenvalue weighted by Crippen LogP contribution is -2.66. The first-order chi connectivity index (χ1) is 15.8. The molecule has 2 unspecified atom stereocenters. The molecule has 0 saturated heterocycles. The summed E-state index contributed by atoms with van der Waals surface area (Å²) in [5.41, 5.74) is 1.13. The van der Waals surface area contributed by atoms with E-state index < -0.39 is 14.3 Å². The Labute approximate surface area is 198 Å². The maximum absolute atomic E-state index is 11.4. The van der Waals surface area contributed by atoms with Crippen LogP contribution in [0.2, 0.25) is 5.04 Å². The lowest BCUT2D eigenvalue weighted by molar-refractivity contribution is -0.137. The summed E-state index contributed by atoms with van der Waals surface area (Å²) >= 11 is 0. The van der Waals surface area contributed by atoms with Gasteiger partial charge in [-0.05, 0) is 39.7 Å². The standard InChI is InChI=1S/C29H34O3Si/c1-28(2,3)33(25-15-9-5-10-16-25,26-17-11-6-12-18-26)32-22-24-21-29(24,20-19-27(30)31)23-13-7-4-8-14-23/h4-18,24H,19-22H2,1-3H3,(H,30,31). The molecule has 1 N–H and O–H groups in total. The van der Waals surface area contributed by atoms with Gasteiger partial charge in [0.15, 0.2) is 0 Å². The molecule has 0 aliphatic heterocycles. The average molecular weight is 459 g/mol.